The van der Waals surface area contributed by atoms with Crippen LogP contribution in [0.1, 0.15) is 18.7 Å². The molecule has 0 spiro atoms. The second-order valence-corrected chi connectivity index (χ2v) is 4.33. The van der Waals surface area contributed by atoms with Crippen molar-refractivity contribution in [1.29, 1.82) is 0 Å². The number of furan rings is 1. The molecule has 0 aliphatic rings. The van der Waals surface area contributed by atoms with Crippen LogP contribution in [0.2, 0.25) is 5.02 Å². The van der Waals surface area contributed by atoms with Crippen LogP contribution < -0.4 is 5.32 Å². The Kier molecular flexibility index (Phi) is 3.71. The topological polar surface area (TPSA) is 68.3 Å². The predicted molar refractivity (Wildman–Crippen MR) is 68.8 cm³/mol. The number of nitrogens with one attached hydrogen (secondary N) is 1. The first-order chi connectivity index (χ1) is 8.99. The standard InChI is InChI=1S/C12H10ClFN2O3/c1-7(12-3-2-4-19-12)15-10-5-8(13)9(14)6-11(10)16(17)18/h2-7,15H,1H3. The fraction of sp³-hybridized carbons (Fsp3) is 0.167. The number of halogens is 2. The van der Waals surface area contributed by atoms with Crippen molar-refractivity contribution in [1.82, 2.24) is 0 Å². The summed E-state index contributed by atoms with van der Waals surface area (Å²) in [4.78, 5) is 10.2. The number of rotatable bonds is 4. The van der Waals surface area contributed by atoms with Gasteiger partial charge in [0.15, 0.2) is 0 Å². The Morgan fingerprint density at radius 3 is 2.84 bits per heavy atom. The molecule has 0 saturated heterocycles. The molecule has 2 aromatic rings. The first-order valence-electron chi connectivity index (χ1n) is 5.42. The van der Waals surface area contributed by atoms with Crippen molar-refractivity contribution in [3.8, 4) is 0 Å². The van der Waals surface area contributed by atoms with E-state index < -0.39 is 10.7 Å². The summed E-state index contributed by atoms with van der Waals surface area (Å²) in [5, 5.41) is 13.6. The molecular weight excluding hydrogens is 275 g/mol. The van der Waals surface area contributed by atoms with Gasteiger partial charge in [0, 0.05) is 0 Å². The van der Waals surface area contributed by atoms with Gasteiger partial charge in [0.2, 0.25) is 0 Å². The highest BCUT2D eigenvalue weighted by Crippen LogP contribution is 2.32. The molecule has 5 nitrogen and oxygen atoms in total. The number of nitrogens with zero attached hydrogens (tertiary/aromatic N) is 1. The molecule has 0 amide bonds. The fourth-order valence-corrected chi connectivity index (χ4v) is 1.81. The smallest absolute Gasteiger partial charge is 0.295 e. The van der Waals surface area contributed by atoms with Gasteiger partial charge in [0.1, 0.15) is 17.3 Å². The maximum Gasteiger partial charge on any atom is 0.295 e. The van der Waals surface area contributed by atoms with Gasteiger partial charge in [0.25, 0.3) is 5.69 Å². The van der Waals surface area contributed by atoms with Gasteiger partial charge in [-0.3, -0.25) is 10.1 Å². The Bertz CT molecular complexity index is 601. The maximum absolute atomic E-state index is 13.2. The number of nitro groups is 1. The van der Waals surface area contributed by atoms with E-state index in [-0.39, 0.29) is 22.4 Å². The average Bonchev–Trinajstić information content (AvgIpc) is 2.86. The van der Waals surface area contributed by atoms with Crippen LogP contribution in [0.25, 0.3) is 0 Å². The lowest BCUT2D eigenvalue weighted by molar-refractivity contribution is -0.384. The molecular formula is C12H10ClFN2O3. The Hall–Kier alpha value is -2.08. The molecule has 0 saturated carbocycles. The van der Waals surface area contributed by atoms with Crippen LogP contribution in [-0.2, 0) is 0 Å². The van der Waals surface area contributed by atoms with Crippen molar-refractivity contribution >= 4 is 23.0 Å². The van der Waals surface area contributed by atoms with Gasteiger partial charge < -0.3 is 9.73 Å². The lowest BCUT2D eigenvalue weighted by atomic mass is 10.2. The van der Waals surface area contributed by atoms with E-state index in [2.05, 4.69) is 5.32 Å². The lowest BCUT2D eigenvalue weighted by Crippen LogP contribution is -2.08. The van der Waals surface area contributed by atoms with Gasteiger partial charge >= 0.3 is 0 Å². The number of hydrogen-bond acceptors (Lipinski definition) is 4. The molecule has 0 radical (unpaired) electrons. The molecule has 0 bridgehead atoms. The van der Waals surface area contributed by atoms with Crippen molar-refractivity contribution in [3.05, 3.63) is 57.2 Å². The molecule has 2 rings (SSSR count). The van der Waals surface area contributed by atoms with Crippen molar-refractivity contribution in [3.63, 3.8) is 0 Å². The molecule has 19 heavy (non-hydrogen) atoms. The highest BCUT2D eigenvalue weighted by molar-refractivity contribution is 6.31. The second-order valence-electron chi connectivity index (χ2n) is 3.92. The Labute approximate surface area is 113 Å². The summed E-state index contributed by atoms with van der Waals surface area (Å²) in [7, 11) is 0. The zero-order valence-corrected chi connectivity index (χ0v) is 10.6. The lowest BCUT2D eigenvalue weighted by Gasteiger charge is -2.13. The highest BCUT2D eigenvalue weighted by atomic mass is 35.5. The van der Waals surface area contributed by atoms with Gasteiger partial charge in [-0.05, 0) is 25.1 Å². The van der Waals surface area contributed by atoms with E-state index in [1.807, 2.05) is 0 Å². The molecule has 1 aromatic carbocycles. The largest absolute Gasteiger partial charge is 0.467 e. The fourth-order valence-electron chi connectivity index (χ4n) is 1.65. The predicted octanol–water partition coefficient (Wildman–Crippen LogP) is 4.15. The molecule has 0 aliphatic heterocycles. The van der Waals surface area contributed by atoms with E-state index in [9.17, 15) is 14.5 Å². The minimum absolute atomic E-state index is 0.139. The quantitative estimate of drug-likeness (QED) is 0.676. The van der Waals surface area contributed by atoms with Crippen LogP contribution in [0.5, 0.6) is 0 Å². The molecule has 0 fully saturated rings. The van der Waals surface area contributed by atoms with E-state index in [4.69, 9.17) is 16.0 Å². The first-order valence-corrected chi connectivity index (χ1v) is 5.80. The molecule has 1 atom stereocenters. The van der Waals surface area contributed by atoms with E-state index >= 15 is 0 Å². The highest BCUT2D eigenvalue weighted by Gasteiger charge is 2.20. The molecule has 1 aromatic heterocycles. The Morgan fingerprint density at radius 1 is 1.53 bits per heavy atom. The van der Waals surface area contributed by atoms with Crippen molar-refractivity contribution < 1.29 is 13.7 Å². The summed E-state index contributed by atoms with van der Waals surface area (Å²) in [6, 6.07) is 5.11. The van der Waals surface area contributed by atoms with Crippen LogP contribution in [0.15, 0.2) is 34.9 Å². The van der Waals surface area contributed by atoms with Crippen LogP contribution in [0.4, 0.5) is 15.8 Å². The van der Waals surface area contributed by atoms with Gasteiger partial charge in [-0.2, -0.15) is 0 Å². The van der Waals surface area contributed by atoms with Crippen LogP contribution in [0.3, 0.4) is 0 Å². The zero-order chi connectivity index (χ0) is 14.0. The molecule has 0 aliphatic carbocycles. The van der Waals surface area contributed by atoms with E-state index in [0.29, 0.717) is 5.76 Å². The van der Waals surface area contributed by atoms with E-state index in [0.717, 1.165) is 6.07 Å². The summed E-state index contributed by atoms with van der Waals surface area (Å²) >= 11 is 5.64. The zero-order valence-electron chi connectivity index (χ0n) is 9.89. The van der Waals surface area contributed by atoms with Crippen molar-refractivity contribution in [2.24, 2.45) is 0 Å². The van der Waals surface area contributed by atoms with Gasteiger partial charge in [0.05, 0.1) is 28.3 Å². The summed E-state index contributed by atoms with van der Waals surface area (Å²) < 4.78 is 18.4. The monoisotopic (exact) mass is 284 g/mol. The van der Waals surface area contributed by atoms with Gasteiger partial charge in [-0.1, -0.05) is 11.6 Å². The Balaban J connectivity index is 2.33. The third kappa shape index (κ3) is 2.85. The number of anilines is 1. The summed E-state index contributed by atoms with van der Waals surface area (Å²) in [6.07, 6.45) is 1.50. The number of hydrogen-bond donors (Lipinski definition) is 1. The molecule has 1 unspecified atom stereocenters. The molecule has 7 heteroatoms. The van der Waals surface area contributed by atoms with Gasteiger partial charge in [-0.25, -0.2) is 4.39 Å². The van der Waals surface area contributed by atoms with Crippen molar-refractivity contribution in [2.75, 3.05) is 5.32 Å². The number of nitro benzene ring substituents is 1. The van der Waals surface area contributed by atoms with Crippen molar-refractivity contribution in [2.45, 2.75) is 13.0 Å². The SMILES string of the molecule is CC(Nc1cc(Cl)c(F)cc1[N+](=O)[O-])c1ccco1. The maximum atomic E-state index is 13.2. The average molecular weight is 285 g/mol. The minimum atomic E-state index is -0.829. The molecule has 1 heterocycles. The second kappa shape index (κ2) is 5.27. The van der Waals surface area contributed by atoms with Crippen LogP contribution in [-0.4, -0.2) is 4.92 Å². The summed E-state index contributed by atoms with van der Waals surface area (Å²) in [6.45, 7) is 1.76. The minimum Gasteiger partial charge on any atom is -0.467 e. The molecule has 1 N–H and O–H groups in total. The first kappa shape index (κ1) is 13.4. The Morgan fingerprint density at radius 2 is 2.26 bits per heavy atom. The van der Waals surface area contributed by atoms with Crippen LogP contribution in [0, 0.1) is 15.9 Å². The van der Waals surface area contributed by atoms with E-state index in [1.165, 1.54) is 12.3 Å². The molecule has 100 valence electrons. The third-order valence-electron chi connectivity index (χ3n) is 2.58. The normalized spacial score (nSPS) is 12.2. The van der Waals surface area contributed by atoms with Gasteiger partial charge in [-0.15, -0.1) is 0 Å². The third-order valence-corrected chi connectivity index (χ3v) is 2.87. The van der Waals surface area contributed by atoms with Crippen LogP contribution >= 0.6 is 11.6 Å². The summed E-state index contributed by atoms with van der Waals surface area (Å²) in [5.74, 6) is -0.223. The summed E-state index contributed by atoms with van der Waals surface area (Å²) in [5.41, 5.74) is -0.236. The van der Waals surface area contributed by atoms with E-state index in [1.54, 1.807) is 19.1 Å². The number of benzene rings is 1.